The van der Waals surface area contributed by atoms with E-state index in [1.54, 1.807) is 0 Å². The Morgan fingerprint density at radius 3 is 1.46 bits per heavy atom. The normalized spacial score (nSPS) is 52.9. The maximum Gasteiger partial charge on any atom is 0.170 e. The molecule has 8 fully saturated rings. The lowest BCUT2D eigenvalue weighted by Gasteiger charge is -2.58. The standard InChI is InChI=1S/C24H32O2/c25-14-21(24-10-18-4-19(11-24)6-20(5-18)12-24)22(26)13-23-7-15-1-16(8-23)3-17(2-15)9-23/h15-20H,1-13H2. The van der Waals surface area contributed by atoms with Gasteiger partial charge in [0.25, 0.3) is 0 Å². The van der Waals surface area contributed by atoms with Crippen molar-refractivity contribution in [2.45, 2.75) is 83.5 Å². The van der Waals surface area contributed by atoms with Gasteiger partial charge in [-0.15, -0.1) is 0 Å². The van der Waals surface area contributed by atoms with E-state index in [2.05, 4.69) is 5.94 Å². The quantitative estimate of drug-likeness (QED) is 0.519. The van der Waals surface area contributed by atoms with Crippen LogP contribution in [-0.2, 0) is 9.59 Å². The Balaban J connectivity index is 1.26. The first-order valence-corrected chi connectivity index (χ1v) is 11.3. The number of hydrogen-bond donors (Lipinski definition) is 0. The fraction of sp³-hybridized carbons (Fsp3) is 0.875. The molecule has 8 aliphatic carbocycles. The van der Waals surface area contributed by atoms with Crippen molar-refractivity contribution in [2.24, 2.45) is 46.3 Å². The van der Waals surface area contributed by atoms with Gasteiger partial charge >= 0.3 is 0 Å². The third-order valence-electron chi connectivity index (χ3n) is 9.65. The summed E-state index contributed by atoms with van der Waals surface area (Å²) in [6.45, 7) is 0. The van der Waals surface area contributed by atoms with Crippen molar-refractivity contribution in [1.29, 1.82) is 0 Å². The molecule has 8 aliphatic rings. The topological polar surface area (TPSA) is 34.1 Å². The van der Waals surface area contributed by atoms with Gasteiger partial charge in [-0.25, -0.2) is 4.79 Å². The van der Waals surface area contributed by atoms with E-state index in [0.717, 1.165) is 54.8 Å². The molecule has 0 N–H and O–H groups in total. The van der Waals surface area contributed by atoms with E-state index in [9.17, 15) is 9.59 Å². The highest BCUT2D eigenvalue weighted by molar-refractivity contribution is 6.04. The highest BCUT2D eigenvalue weighted by atomic mass is 16.1. The molecule has 8 bridgehead atoms. The molecular formula is C24H32O2. The summed E-state index contributed by atoms with van der Waals surface area (Å²) >= 11 is 0. The molecule has 26 heavy (non-hydrogen) atoms. The molecule has 0 atom stereocenters. The smallest absolute Gasteiger partial charge is 0.170 e. The van der Waals surface area contributed by atoms with Crippen LogP contribution in [0.3, 0.4) is 0 Å². The number of rotatable bonds is 4. The Labute approximate surface area is 157 Å². The minimum absolute atomic E-state index is 0.0735. The Hall–Kier alpha value is -0.880. The number of carbonyl (C=O) groups is 1. The largest absolute Gasteiger partial charge is 0.294 e. The summed E-state index contributed by atoms with van der Waals surface area (Å²) < 4.78 is 0. The summed E-state index contributed by atoms with van der Waals surface area (Å²) in [7, 11) is 0. The number of hydrogen-bond acceptors (Lipinski definition) is 2. The van der Waals surface area contributed by atoms with E-state index in [1.807, 2.05) is 0 Å². The van der Waals surface area contributed by atoms with Crippen LogP contribution in [0, 0.1) is 46.3 Å². The van der Waals surface area contributed by atoms with Crippen LogP contribution in [0.2, 0.25) is 0 Å². The lowest BCUT2D eigenvalue weighted by Crippen LogP contribution is -2.50. The van der Waals surface area contributed by atoms with Gasteiger partial charge in [0.1, 0.15) is 5.94 Å². The molecule has 0 radical (unpaired) electrons. The van der Waals surface area contributed by atoms with E-state index in [1.165, 1.54) is 57.8 Å². The third-order valence-corrected chi connectivity index (χ3v) is 9.65. The van der Waals surface area contributed by atoms with Gasteiger partial charge < -0.3 is 0 Å². The minimum atomic E-state index is -0.0735. The number of allylic oxidation sites excluding steroid dienone is 1. The molecule has 0 aliphatic heterocycles. The van der Waals surface area contributed by atoms with Crippen molar-refractivity contribution < 1.29 is 9.59 Å². The summed E-state index contributed by atoms with van der Waals surface area (Å²) in [4.78, 5) is 25.5. The molecular weight excluding hydrogens is 320 g/mol. The molecule has 0 heterocycles. The van der Waals surface area contributed by atoms with Gasteiger partial charge in [0.15, 0.2) is 5.78 Å². The van der Waals surface area contributed by atoms with Crippen LogP contribution in [0.5, 0.6) is 0 Å². The average Bonchev–Trinajstić information content (AvgIpc) is 2.51. The predicted molar refractivity (Wildman–Crippen MR) is 100 cm³/mol. The van der Waals surface area contributed by atoms with Gasteiger partial charge in [-0.05, 0) is 118 Å². The molecule has 8 saturated carbocycles. The van der Waals surface area contributed by atoms with Crippen LogP contribution in [0.15, 0.2) is 5.57 Å². The monoisotopic (exact) mass is 352 g/mol. The predicted octanol–water partition coefficient (Wildman–Crippen LogP) is 5.14. The second kappa shape index (κ2) is 5.34. The second-order valence-electron chi connectivity index (χ2n) is 11.7. The van der Waals surface area contributed by atoms with E-state index in [-0.39, 0.29) is 16.6 Å². The Kier molecular flexibility index (Phi) is 3.31. The van der Waals surface area contributed by atoms with E-state index in [0.29, 0.717) is 12.0 Å². The van der Waals surface area contributed by atoms with Crippen LogP contribution >= 0.6 is 0 Å². The lowest BCUT2D eigenvalue weighted by atomic mass is 9.46. The highest BCUT2D eigenvalue weighted by Gasteiger charge is 2.56. The third kappa shape index (κ3) is 2.30. The SMILES string of the molecule is O=C=C(C(=O)CC12CC3CC(CC(C3)C1)C2)C12CC3CC(CC(C3)C1)C2. The molecule has 2 nitrogen and oxygen atoms in total. The second-order valence-corrected chi connectivity index (χ2v) is 11.7. The number of ketones is 1. The summed E-state index contributed by atoms with van der Waals surface area (Å²) in [5.41, 5.74) is 0.791. The van der Waals surface area contributed by atoms with Crippen molar-refractivity contribution in [3.63, 3.8) is 0 Å². The van der Waals surface area contributed by atoms with Crippen LogP contribution < -0.4 is 0 Å². The van der Waals surface area contributed by atoms with Crippen LogP contribution in [0.1, 0.15) is 83.5 Å². The van der Waals surface area contributed by atoms with Crippen molar-refractivity contribution in [1.82, 2.24) is 0 Å². The Morgan fingerprint density at radius 1 is 0.692 bits per heavy atom. The minimum Gasteiger partial charge on any atom is -0.294 e. The molecule has 0 saturated heterocycles. The van der Waals surface area contributed by atoms with E-state index < -0.39 is 0 Å². The first-order valence-electron chi connectivity index (χ1n) is 11.3. The van der Waals surface area contributed by atoms with Gasteiger partial charge in [-0.3, -0.25) is 4.79 Å². The zero-order chi connectivity index (χ0) is 17.5. The summed E-state index contributed by atoms with van der Waals surface area (Å²) in [5, 5.41) is 0. The van der Waals surface area contributed by atoms with E-state index in [4.69, 9.17) is 0 Å². The van der Waals surface area contributed by atoms with Crippen LogP contribution in [0.25, 0.3) is 0 Å². The fourth-order valence-electron chi connectivity index (χ4n) is 9.81. The Morgan fingerprint density at radius 2 is 1.08 bits per heavy atom. The summed E-state index contributed by atoms with van der Waals surface area (Å²) in [6.07, 6.45) is 16.1. The van der Waals surface area contributed by atoms with E-state index >= 15 is 0 Å². The fourth-order valence-corrected chi connectivity index (χ4v) is 9.81. The zero-order valence-corrected chi connectivity index (χ0v) is 16.0. The average molecular weight is 353 g/mol. The maximum atomic E-state index is 13.5. The molecule has 0 aromatic heterocycles. The molecule has 0 unspecified atom stereocenters. The van der Waals surface area contributed by atoms with Gasteiger partial charge in [-0.2, -0.15) is 0 Å². The zero-order valence-electron chi connectivity index (χ0n) is 16.0. The van der Waals surface area contributed by atoms with Crippen molar-refractivity contribution >= 4 is 11.7 Å². The number of carbonyl (C=O) groups excluding carboxylic acids is 2. The first-order chi connectivity index (χ1) is 12.5. The lowest BCUT2D eigenvalue weighted by molar-refractivity contribution is -0.127. The summed E-state index contributed by atoms with van der Waals surface area (Å²) in [5.74, 6) is 7.41. The van der Waals surface area contributed by atoms with Crippen molar-refractivity contribution in [2.75, 3.05) is 0 Å². The van der Waals surface area contributed by atoms with Gasteiger partial charge in [0.05, 0.1) is 5.57 Å². The molecule has 0 aromatic carbocycles. The number of Topliss-reactive ketones (excluding diaryl/α,β-unsaturated/α-hetero) is 1. The molecule has 8 rings (SSSR count). The first kappa shape index (κ1) is 16.1. The van der Waals surface area contributed by atoms with Gasteiger partial charge in [-0.1, -0.05) is 0 Å². The maximum absolute atomic E-state index is 13.5. The highest BCUT2D eigenvalue weighted by Crippen LogP contribution is 2.64. The van der Waals surface area contributed by atoms with Crippen molar-refractivity contribution in [3.8, 4) is 0 Å². The Bertz CT molecular complexity index is 624. The molecule has 0 aromatic rings. The van der Waals surface area contributed by atoms with Gasteiger partial charge in [0.2, 0.25) is 0 Å². The summed E-state index contributed by atoms with van der Waals surface area (Å²) in [6, 6.07) is 0. The molecule has 0 spiro atoms. The molecule has 2 heteroatoms. The van der Waals surface area contributed by atoms with Gasteiger partial charge in [0, 0.05) is 11.8 Å². The van der Waals surface area contributed by atoms with Crippen LogP contribution in [-0.4, -0.2) is 11.7 Å². The molecule has 140 valence electrons. The molecule has 0 amide bonds. The van der Waals surface area contributed by atoms with Crippen LogP contribution in [0.4, 0.5) is 0 Å². The van der Waals surface area contributed by atoms with Crippen molar-refractivity contribution in [3.05, 3.63) is 5.57 Å².